The maximum Gasteiger partial charge on any atom is 0.573 e. The molecule has 2 rings (SSSR count). The minimum atomic E-state index is -4.72. The topological polar surface area (TPSA) is 29.5 Å². The van der Waals surface area contributed by atoms with E-state index in [1.807, 2.05) is 11.8 Å². The lowest BCUT2D eigenvalue weighted by Gasteiger charge is -2.34. The predicted octanol–water partition coefficient (Wildman–Crippen LogP) is 4.77. The molecule has 0 aromatic heterocycles. The van der Waals surface area contributed by atoms with Gasteiger partial charge in [-0.25, -0.2) is 0 Å². The van der Waals surface area contributed by atoms with E-state index in [9.17, 15) is 18.0 Å². The molecular formula is C17H22F3NO2. The van der Waals surface area contributed by atoms with Gasteiger partial charge >= 0.3 is 6.36 Å². The van der Waals surface area contributed by atoms with Crippen molar-refractivity contribution in [3.63, 3.8) is 0 Å². The lowest BCUT2D eigenvalue weighted by molar-refractivity contribution is -0.274. The Morgan fingerprint density at radius 3 is 2.30 bits per heavy atom. The highest BCUT2D eigenvalue weighted by Crippen LogP contribution is 2.26. The van der Waals surface area contributed by atoms with Crippen LogP contribution < -0.4 is 4.74 Å². The molecule has 1 aliphatic carbocycles. The summed E-state index contributed by atoms with van der Waals surface area (Å²) in [6, 6.07) is 5.41. The Balaban J connectivity index is 2.09. The quantitative estimate of drug-likeness (QED) is 0.779. The molecule has 1 saturated carbocycles. The van der Waals surface area contributed by atoms with Crippen molar-refractivity contribution >= 4 is 5.91 Å². The number of ether oxygens (including phenoxy) is 1. The largest absolute Gasteiger partial charge is 0.573 e. The highest BCUT2D eigenvalue weighted by Gasteiger charge is 2.31. The molecule has 0 unspecified atom stereocenters. The van der Waals surface area contributed by atoms with E-state index in [-0.39, 0.29) is 17.7 Å². The number of rotatable bonds is 5. The summed E-state index contributed by atoms with van der Waals surface area (Å²) in [6.45, 7) is 2.69. The Kier molecular flexibility index (Phi) is 5.91. The van der Waals surface area contributed by atoms with Crippen molar-refractivity contribution in [1.29, 1.82) is 0 Å². The van der Waals surface area contributed by atoms with Crippen LogP contribution in [0.5, 0.6) is 5.75 Å². The van der Waals surface area contributed by atoms with Crippen LogP contribution in [0.2, 0.25) is 0 Å². The standard InChI is InChI=1S/C17H22F3NO2/c1-2-12-21(14-6-4-3-5-7-14)16(22)13-8-10-15(11-9-13)23-17(18,19)20/h8-11,14H,2-7,12H2,1H3. The van der Waals surface area contributed by atoms with Gasteiger partial charge in [0.25, 0.3) is 5.91 Å². The van der Waals surface area contributed by atoms with Crippen LogP contribution in [0.15, 0.2) is 24.3 Å². The second kappa shape index (κ2) is 7.70. The fourth-order valence-electron chi connectivity index (χ4n) is 3.05. The number of hydrogen-bond acceptors (Lipinski definition) is 2. The first kappa shape index (κ1) is 17.6. The van der Waals surface area contributed by atoms with Gasteiger partial charge in [-0.3, -0.25) is 4.79 Å². The molecule has 0 heterocycles. The maximum atomic E-state index is 12.7. The number of carbonyl (C=O) groups excluding carboxylic acids is 1. The van der Waals surface area contributed by atoms with Gasteiger partial charge in [0.2, 0.25) is 0 Å². The molecule has 1 aliphatic rings. The van der Waals surface area contributed by atoms with Crippen molar-refractivity contribution in [2.75, 3.05) is 6.54 Å². The van der Waals surface area contributed by atoms with Crippen LogP contribution in [0.1, 0.15) is 55.8 Å². The van der Waals surface area contributed by atoms with E-state index in [2.05, 4.69) is 4.74 Å². The molecule has 6 heteroatoms. The van der Waals surface area contributed by atoms with Gasteiger partial charge in [-0.15, -0.1) is 13.2 Å². The van der Waals surface area contributed by atoms with Crippen LogP contribution >= 0.6 is 0 Å². The zero-order valence-corrected chi connectivity index (χ0v) is 13.2. The number of alkyl halides is 3. The second-order valence-electron chi connectivity index (χ2n) is 5.86. The van der Waals surface area contributed by atoms with Crippen molar-refractivity contribution in [3.8, 4) is 5.75 Å². The SMILES string of the molecule is CCCN(C(=O)c1ccc(OC(F)(F)F)cc1)C1CCCCC1. The summed E-state index contributed by atoms with van der Waals surface area (Å²) in [6.07, 6.45) is 1.59. The molecular weight excluding hydrogens is 307 g/mol. The average molecular weight is 329 g/mol. The summed E-state index contributed by atoms with van der Waals surface area (Å²) in [5, 5.41) is 0. The number of benzene rings is 1. The van der Waals surface area contributed by atoms with Gasteiger partial charge in [-0.05, 0) is 43.5 Å². The molecule has 1 fully saturated rings. The fraction of sp³-hybridized carbons (Fsp3) is 0.588. The van der Waals surface area contributed by atoms with E-state index in [1.165, 1.54) is 30.7 Å². The van der Waals surface area contributed by atoms with Crippen molar-refractivity contribution in [2.45, 2.75) is 57.9 Å². The molecule has 0 N–H and O–H groups in total. The summed E-state index contributed by atoms with van der Waals surface area (Å²) < 4.78 is 40.4. The summed E-state index contributed by atoms with van der Waals surface area (Å²) in [5.41, 5.74) is 0.401. The third-order valence-electron chi connectivity index (χ3n) is 4.08. The van der Waals surface area contributed by atoms with Gasteiger partial charge in [-0.2, -0.15) is 0 Å². The Bertz CT molecular complexity index is 508. The third-order valence-corrected chi connectivity index (χ3v) is 4.08. The van der Waals surface area contributed by atoms with Crippen LogP contribution in [0, 0.1) is 0 Å². The van der Waals surface area contributed by atoms with Crippen molar-refractivity contribution < 1.29 is 22.7 Å². The lowest BCUT2D eigenvalue weighted by atomic mass is 9.93. The molecule has 0 radical (unpaired) electrons. The maximum absolute atomic E-state index is 12.7. The fourth-order valence-corrected chi connectivity index (χ4v) is 3.05. The number of carbonyl (C=O) groups is 1. The molecule has 3 nitrogen and oxygen atoms in total. The van der Waals surface area contributed by atoms with Crippen molar-refractivity contribution in [1.82, 2.24) is 4.90 Å². The molecule has 0 spiro atoms. The van der Waals surface area contributed by atoms with Crippen LogP contribution in [0.3, 0.4) is 0 Å². The minimum absolute atomic E-state index is 0.114. The van der Waals surface area contributed by atoms with Crippen molar-refractivity contribution in [2.24, 2.45) is 0 Å². The van der Waals surface area contributed by atoms with Gasteiger partial charge in [0.05, 0.1) is 0 Å². The van der Waals surface area contributed by atoms with Crippen LogP contribution in [-0.4, -0.2) is 29.8 Å². The first-order chi connectivity index (χ1) is 10.9. The monoisotopic (exact) mass is 329 g/mol. The van der Waals surface area contributed by atoms with Gasteiger partial charge in [-0.1, -0.05) is 26.2 Å². The summed E-state index contributed by atoms with van der Waals surface area (Å²) in [7, 11) is 0. The zero-order valence-electron chi connectivity index (χ0n) is 13.2. The number of hydrogen-bond donors (Lipinski definition) is 0. The number of amides is 1. The van der Waals surface area contributed by atoms with E-state index in [0.29, 0.717) is 12.1 Å². The minimum Gasteiger partial charge on any atom is -0.406 e. The molecule has 1 amide bonds. The van der Waals surface area contributed by atoms with E-state index >= 15 is 0 Å². The zero-order chi connectivity index (χ0) is 16.9. The highest BCUT2D eigenvalue weighted by molar-refractivity contribution is 5.94. The highest BCUT2D eigenvalue weighted by atomic mass is 19.4. The molecule has 1 aromatic carbocycles. The van der Waals surface area contributed by atoms with Crippen LogP contribution in [-0.2, 0) is 0 Å². The van der Waals surface area contributed by atoms with E-state index in [4.69, 9.17) is 0 Å². The van der Waals surface area contributed by atoms with Gasteiger partial charge in [0.1, 0.15) is 5.75 Å². The molecule has 0 bridgehead atoms. The van der Waals surface area contributed by atoms with Crippen LogP contribution in [0.25, 0.3) is 0 Å². The summed E-state index contributed by atoms with van der Waals surface area (Å²) in [5.74, 6) is -0.425. The first-order valence-corrected chi connectivity index (χ1v) is 8.07. The normalized spacial score (nSPS) is 16.2. The Morgan fingerprint density at radius 2 is 1.78 bits per heavy atom. The summed E-state index contributed by atoms with van der Waals surface area (Å²) >= 11 is 0. The van der Waals surface area contributed by atoms with Gasteiger partial charge < -0.3 is 9.64 Å². The first-order valence-electron chi connectivity index (χ1n) is 8.07. The predicted molar refractivity (Wildman–Crippen MR) is 81.3 cm³/mol. The molecule has 1 aromatic rings. The average Bonchev–Trinajstić information content (AvgIpc) is 2.52. The van der Waals surface area contributed by atoms with Gasteiger partial charge in [0, 0.05) is 18.2 Å². The molecule has 23 heavy (non-hydrogen) atoms. The second-order valence-corrected chi connectivity index (χ2v) is 5.86. The molecule has 0 atom stereocenters. The Hall–Kier alpha value is -1.72. The third kappa shape index (κ3) is 5.15. The van der Waals surface area contributed by atoms with E-state index < -0.39 is 6.36 Å². The van der Waals surface area contributed by atoms with Gasteiger partial charge in [0.15, 0.2) is 0 Å². The Labute approximate surface area is 134 Å². The number of halogens is 3. The smallest absolute Gasteiger partial charge is 0.406 e. The van der Waals surface area contributed by atoms with E-state index in [1.54, 1.807) is 0 Å². The summed E-state index contributed by atoms with van der Waals surface area (Å²) in [4.78, 5) is 14.6. The van der Waals surface area contributed by atoms with Crippen LogP contribution in [0.4, 0.5) is 13.2 Å². The van der Waals surface area contributed by atoms with E-state index in [0.717, 1.165) is 32.1 Å². The molecule has 128 valence electrons. The van der Waals surface area contributed by atoms with Crippen molar-refractivity contribution in [3.05, 3.63) is 29.8 Å². The molecule has 0 aliphatic heterocycles. The number of nitrogens with zero attached hydrogens (tertiary/aromatic N) is 1. The molecule has 0 saturated heterocycles. The lowest BCUT2D eigenvalue weighted by Crippen LogP contribution is -2.41. The Morgan fingerprint density at radius 1 is 1.17 bits per heavy atom.